The Morgan fingerprint density at radius 3 is 1.60 bits per heavy atom. The molecule has 0 heterocycles. The largest absolute Gasteiger partial charge is 0.0620 e. The SMILES string of the molecule is Brc1ccc2c(c1)C1c3ccccc3C3c4cc(Br)ccc4CC13C2. The Kier molecular flexibility index (Phi) is 2.87. The molecule has 3 aromatic carbocycles. The van der Waals surface area contributed by atoms with Crippen molar-refractivity contribution in [2.45, 2.75) is 24.7 Å². The molecule has 0 bridgehead atoms. The third-order valence-corrected chi connectivity index (χ3v) is 7.63. The van der Waals surface area contributed by atoms with Crippen LogP contribution in [-0.4, -0.2) is 0 Å². The lowest BCUT2D eigenvalue weighted by Crippen LogP contribution is -2.26. The van der Waals surface area contributed by atoms with E-state index in [4.69, 9.17) is 0 Å². The summed E-state index contributed by atoms with van der Waals surface area (Å²) >= 11 is 7.41. The molecule has 1 spiro atoms. The third-order valence-electron chi connectivity index (χ3n) is 6.64. The second kappa shape index (κ2) is 4.86. The summed E-state index contributed by atoms with van der Waals surface area (Å²) in [6.45, 7) is 0. The van der Waals surface area contributed by atoms with Gasteiger partial charge in [-0.3, -0.25) is 0 Å². The monoisotopic (exact) mass is 450 g/mol. The first-order valence-corrected chi connectivity index (χ1v) is 10.4. The maximum absolute atomic E-state index is 3.70. The van der Waals surface area contributed by atoms with Crippen LogP contribution in [0, 0.1) is 5.41 Å². The van der Waals surface area contributed by atoms with Gasteiger partial charge in [0.15, 0.2) is 0 Å². The molecule has 6 rings (SSSR count). The van der Waals surface area contributed by atoms with Gasteiger partial charge in [0, 0.05) is 26.2 Å². The molecule has 2 heteroatoms. The molecule has 2 atom stereocenters. The smallest absolute Gasteiger partial charge is 0.0178 e. The average Bonchev–Trinajstić information content (AvgIpc) is 3.17. The highest BCUT2D eigenvalue weighted by molar-refractivity contribution is 9.10. The summed E-state index contributed by atoms with van der Waals surface area (Å²) in [7, 11) is 0. The minimum atomic E-state index is 0.288. The Morgan fingerprint density at radius 2 is 1.12 bits per heavy atom. The summed E-state index contributed by atoms with van der Waals surface area (Å²) in [6, 6.07) is 23.0. The van der Waals surface area contributed by atoms with Gasteiger partial charge in [0.05, 0.1) is 0 Å². The van der Waals surface area contributed by atoms with Crippen molar-refractivity contribution < 1.29 is 0 Å². The van der Waals surface area contributed by atoms with E-state index in [1.165, 1.54) is 32.9 Å². The van der Waals surface area contributed by atoms with Crippen LogP contribution in [0.3, 0.4) is 0 Å². The lowest BCUT2D eigenvalue weighted by atomic mass is 9.71. The summed E-state index contributed by atoms with van der Waals surface area (Å²) in [4.78, 5) is 0. The van der Waals surface area contributed by atoms with E-state index in [2.05, 4.69) is 92.5 Å². The van der Waals surface area contributed by atoms with Crippen molar-refractivity contribution in [3.8, 4) is 0 Å². The van der Waals surface area contributed by atoms with Gasteiger partial charge in [0.1, 0.15) is 0 Å². The standard InChI is InChI=1S/C23H16Br2/c24-15-7-5-13-11-23-12-14-6-8-16(25)10-20(14)22(23)18-4-2-1-3-17(18)21(23)19(13)9-15/h1-10,21-22H,11-12H2. The highest BCUT2D eigenvalue weighted by Gasteiger charge is 2.60. The van der Waals surface area contributed by atoms with E-state index in [1.807, 2.05) is 0 Å². The summed E-state index contributed by atoms with van der Waals surface area (Å²) in [5.74, 6) is 1.04. The molecule has 0 aromatic heterocycles. The number of halogens is 2. The first kappa shape index (κ1) is 14.8. The molecule has 25 heavy (non-hydrogen) atoms. The molecular formula is C23H16Br2. The van der Waals surface area contributed by atoms with E-state index in [9.17, 15) is 0 Å². The molecule has 122 valence electrons. The van der Waals surface area contributed by atoms with E-state index < -0.39 is 0 Å². The molecule has 0 saturated heterocycles. The van der Waals surface area contributed by atoms with Gasteiger partial charge in [-0.1, -0.05) is 68.3 Å². The summed E-state index contributed by atoms with van der Waals surface area (Å²) in [6.07, 6.45) is 2.37. The highest BCUT2D eigenvalue weighted by atomic mass is 79.9. The molecule has 0 saturated carbocycles. The zero-order chi connectivity index (χ0) is 16.8. The van der Waals surface area contributed by atoms with Gasteiger partial charge in [-0.15, -0.1) is 0 Å². The second-order valence-electron chi connectivity index (χ2n) is 7.77. The van der Waals surface area contributed by atoms with Crippen molar-refractivity contribution in [2.24, 2.45) is 5.41 Å². The van der Waals surface area contributed by atoms with Crippen LogP contribution in [0.1, 0.15) is 45.2 Å². The van der Waals surface area contributed by atoms with Crippen LogP contribution in [0.15, 0.2) is 69.6 Å². The molecule has 0 N–H and O–H groups in total. The Hall–Kier alpha value is -1.38. The van der Waals surface area contributed by atoms with Gasteiger partial charge in [-0.25, -0.2) is 0 Å². The summed E-state index contributed by atoms with van der Waals surface area (Å²) in [5, 5.41) is 0. The quantitative estimate of drug-likeness (QED) is 0.361. The minimum absolute atomic E-state index is 0.288. The third kappa shape index (κ3) is 1.77. The normalized spacial score (nSPS) is 27.4. The fourth-order valence-corrected chi connectivity index (χ4v) is 6.71. The maximum Gasteiger partial charge on any atom is 0.0178 e. The Bertz CT molecular complexity index is 965. The number of rotatable bonds is 0. The van der Waals surface area contributed by atoms with Crippen molar-refractivity contribution in [3.05, 3.63) is 103 Å². The van der Waals surface area contributed by atoms with Crippen LogP contribution >= 0.6 is 31.9 Å². The van der Waals surface area contributed by atoms with E-state index >= 15 is 0 Å². The molecule has 0 radical (unpaired) electrons. The van der Waals surface area contributed by atoms with E-state index in [0.29, 0.717) is 11.8 Å². The van der Waals surface area contributed by atoms with Crippen LogP contribution < -0.4 is 0 Å². The zero-order valence-electron chi connectivity index (χ0n) is 13.6. The van der Waals surface area contributed by atoms with Gasteiger partial charge in [0.2, 0.25) is 0 Å². The molecule has 3 aliphatic carbocycles. The van der Waals surface area contributed by atoms with Gasteiger partial charge >= 0.3 is 0 Å². The molecule has 3 aliphatic rings. The van der Waals surface area contributed by atoms with Gasteiger partial charge in [-0.2, -0.15) is 0 Å². The van der Waals surface area contributed by atoms with Gasteiger partial charge < -0.3 is 0 Å². The van der Waals surface area contributed by atoms with Crippen molar-refractivity contribution in [2.75, 3.05) is 0 Å². The van der Waals surface area contributed by atoms with Crippen LogP contribution in [-0.2, 0) is 12.8 Å². The number of hydrogen-bond acceptors (Lipinski definition) is 0. The van der Waals surface area contributed by atoms with Crippen LogP contribution in [0.2, 0.25) is 0 Å². The maximum atomic E-state index is 3.70. The van der Waals surface area contributed by atoms with Crippen molar-refractivity contribution in [1.82, 2.24) is 0 Å². The lowest BCUT2D eigenvalue weighted by molar-refractivity contribution is 0.281. The predicted molar refractivity (Wildman–Crippen MR) is 108 cm³/mol. The van der Waals surface area contributed by atoms with Crippen molar-refractivity contribution in [3.63, 3.8) is 0 Å². The summed E-state index contributed by atoms with van der Waals surface area (Å²) < 4.78 is 2.39. The van der Waals surface area contributed by atoms with Crippen LogP contribution in [0.4, 0.5) is 0 Å². The number of hydrogen-bond donors (Lipinski definition) is 0. The first-order valence-electron chi connectivity index (χ1n) is 8.83. The molecule has 0 amide bonds. The molecular weight excluding hydrogens is 436 g/mol. The van der Waals surface area contributed by atoms with E-state index in [0.717, 1.165) is 0 Å². The fourth-order valence-electron chi connectivity index (χ4n) is 5.95. The van der Waals surface area contributed by atoms with Gasteiger partial charge in [0.25, 0.3) is 0 Å². The zero-order valence-corrected chi connectivity index (χ0v) is 16.8. The minimum Gasteiger partial charge on any atom is -0.0620 e. The van der Waals surface area contributed by atoms with Crippen LogP contribution in [0.5, 0.6) is 0 Å². The number of benzene rings is 3. The van der Waals surface area contributed by atoms with E-state index in [-0.39, 0.29) is 5.41 Å². The highest BCUT2D eigenvalue weighted by Crippen LogP contribution is 2.70. The molecule has 0 nitrogen and oxygen atoms in total. The Morgan fingerprint density at radius 1 is 0.640 bits per heavy atom. The van der Waals surface area contributed by atoms with Crippen molar-refractivity contribution >= 4 is 31.9 Å². The second-order valence-corrected chi connectivity index (χ2v) is 9.60. The predicted octanol–water partition coefficient (Wildman–Crippen LogP) is 6.59. The Balaban J connectivity index is 1.67. The molecule has 3 aromatic rings. The van der Waals surface area contributed by atoms with E-state index in [1.54, 1.807) is 22.3 Å². The topological polar surface area (TPSA) is 0 Å². The molecule has 0 fully saturated rings. The molecule has 2 unspecified atom stereocenters. The van der Waals surface area contributed by atoms with Crippen molar-refractivity contribution in [1.29, 1.82) is 0 Å². The lowest BCUT2D eigenvalue weighted by Gasteiger charge is -2.30. The van der Waals surface area contributed by atoms with Crippen LogP contribution in [0.25, 0.3) is 0 Å². The summed E-state index contributed by atoms with van der Waals surface area (Å²) in [5.41, 5.74) is 9.55. The van der Waals surface area contributed by atoms with Gasteiger partial charge in [-0.05, 0) is 70.5 Å². The number of fused-ring (bicyclic) bond motifs is 7. The Labute approximate surface area is 164 Å². The first-order chi connectivity index (χ1) is 12.2. The molecule has 0 aliphatic heterocycles. The fraction of sp³-hybridized carbons (Fsp3) is 0.217. The average molecular weight is 452 g/mol.